The average molecular weight is 289 g/mol. The average Bonchev–Trinajstić information content (AvgIpc) is 2.98. The number of rotatable bonds is 7. The molecule has 1 unspecified atom stereocenters. The standard InChI is InChI=1S/C16H19NO2S/c1-2-4-14(15-5-3-10-20-15)17-11-12-6-8-13(9-7-12)16(18)19/h3,5-10,14,17H,2,4,11H2,1H3,(H,18,19). The number of hydrogen-bond donors (Lipinski definition) is 2. The van der Waals surface area contributed by atoms with Crippen molar-refractivity contribution in [3.63, 3.8) is 0 Å². The Morgan fingerprint density at radius 3 is 2.60 bits per heavy atom. The quantitative estimate of drug-likeness (QED) is 0.807. The van der Waals surface area contributed by atoms with Crippen LogP contribution in [-0.2, 0) is 6.54 Å². The molecular formula is C16H19NO2S. The Morgan fingerprint density at radius 1 is 1.30 bits per heavy atom. The fourth-order valence-corrected chi connectivity index (χ4v) is 2.97. The summed E-state index contributed by atoms with van der Waals surface area (Å²) in [4.78, 5) is 12.2. The first kappa shape index (κ1) is 14.8. The van der Waals surface area contributed by atoms with Crippen LogP contribution >= 0.6 is 11.3 Å². The van der Waals surface area contributed by atoms with Gasteiger partial charge in [0.25, 0.3) is 0 Å². The van der Waals surface area contributed by atoms with Gasteiger partial charge < -0.3 is 10.4 Å². The molecule has 0 aliphatic carbocycles. The number of thiophene rings is 1. The maximum atomic E-state index is 10.8. The van der Waals surface area contributed by atoms with Crippen molar-refractivity contribution in [2.75, 3.05) is 0 Å². The molecule has 0 spiro atoms. The van der Waals surface area contributed by atoms with Crippen LogP contribution in [0.15, 0.2) is 41.8 Å². The molecule has 2 aromatic rings. The van der Waals surface area contributed by atoms with Crippen molar-refractivity contribution in [2.24, 2.45) is 0 Å². The van der Waals surface area contributed by atoms with Crippen molar-refractivity contribution >= 4 is 17.3 Å². The second-order valence-electron chi connectivity index (χ2n) is 4.74. The van der Waals surface area contributed by atoms with Gasteiger partial charge in [0.1, 0.15) is 0 Å². The largest absolute Gasteiger partial charge is 0.478 e. The van der Waals surface area contributed by atoms with Gasteiger partial charge in [-0.05, 0) is 35.6 Å². The highest BCUT2D eigenvalue weighted by Crippen LogP contribution is 2.23. The molecule has 3 nitrogen and oxygen atoms in total. The van der Waals surface area contributed by atoms with E-state index in [1.165, 1.54) is 4.88 Å². The highest BCUT2D eigenvalue weighted by atomic mass is 32.1. The fraction of sp³-hybridized carbons (Fsp3) is 0.312. The van der Waals surface area contributed by atoms with Crippen molar-refractivity contribution in [3.8, 4) is 0 Å². The molecule has 4 heteroatoms. The Bertz CT molecular complexity index is 534. The predicted molar refractivity (Wildman–Crippen MR) is 82.2 cm³/mol. The van der Waals surface area contributed by atoms with E-state index in [9.17, 15) is 4.79 Å². The number of carbonyl (C=O) groups is 1. The molecule has 0 bridgehead atoms. The summed E-state index contributed by atoms with van der Waals surface area (Å²) in [6.45, 7) is 2.94. The third-order valence-corrected chi connectivity index (χ3v) is 4.20. The van der Waals surface area contributed by atoms with Gasteiger partial charge in [-0.15, -0.1) is 11.3 Å². The van der Waals surface area contributed by atoms with Crippen LogP contribution in [-0.4, -0.2) is 11.1 Å². The molecule has 1 aromatic heterocycles. The van der Waals surface area contributed by atoms with Crippen LogP contribution in [0.5, 0.6) is 0 Å². The topological polar surface area (TPSA) is 49.3 Å². The third-order valence-electron chi connectivity index (χ3n) is 3.22. The summed E-state index contributed by atoms with van der Waals surface area (Å²) in [7, 11) is 0. The number of aromatic carboxylic acids is 1. The van der Waals surface area contributed by atoms with Gasteiger partial charge in [0.2, 0.25) is 0 Å². The second kappa shape index (κ2) is 7.22. The first-order valence-electron chi connectivity index (χ1n) is 6.79. The number of hydrogen-bond acceptors (Lipinski definition) is 3. The molecule has 2 rings (SSSR count). The Morgan fingerprint density at radius 2 is 2.05 bits per heavy atom. The molecule has 1 heterocycles. The highest BCUT2D eigenvalue weighted by Gasteiger charge is 2.11. The van der Waals surface area contributed by atoms with Crippen molar-refractivity contribution in [1.29, 1.82) is 0 Å². The summed E-state index contributed by atoms with van der Waals surface area (Å²) in [5.74, 6) is -0.882. The van der Waals surface area contributed by atoms with Gasteiger partial charge in [0.05, 0.1) is 5.56 Å². The number of benzene rings is 1. The van der Waals surface area contributed by atoms with Gasteiger partial charge in [0.15, 0.2) is 0 Å². The van der Waals surface area contributed by atoms with Crippen molar-refractivity contribution in [1.82, 2.24) is 5.32 Å². The van der Waals surface area contributed by atoms with E-state index in [0.717, 1.165) is 24.9 Å². The smallest absolute Gasteiger partial charge is 0.335 e. The SMILES string of the molecule is CCCC(NCc1ccc(C(=O)O)cc1)c1cccs1. The van der Waals surface area contributed by atoms with E-state index in [0.29, 0.717) is 11.6 Å². The van der Waals surface area contributed by atoms with Crippen molar-refractivity contribution < 1.29 is 9.90 Å². The van der Waals surface area contributed by atoms with E-state index >= 15 is 0 Å². The molecule has 2 N–H and O–H groups in total. The first-order chi connectivity index (χ1) is 9.70. The summed E-state index contributed by atoms with van der Waals surface area (Å²) >= 11 is 1.77. The lowest BCUT2D eigenvalue weighted by atomic mass is 10.1. The zero-order valence-electron chi connectivity index (χ0n) is 11.5. The molecule has 0 fully saturated rings. The fourth-order valence-electron chi connectivity index (χ4n) is 2.13. The minimum Gasteiger partial charge on any atom is -0.478 e. The summed E-state index contributed by atoms with van der Waals surface area (Å²) in [6.07, 6.45) is 2.24. The molecule has 1 aromatic carbocycles. The van der Waals surface area contributed by atoms with Crippen LogP contribution in [0.4, 0.5) is 0 Å². The van der Waals surface area contributed by atoms with Crippen LogP contribution < -0.4 is 5.32 Å². The summed E-state index contributed by atoms with van der Waals surface area (Å²) in [6, 6.07) is 11.6. The zero-order chi connectivity index (χ0) is 14.4. The Labute approximate surface area is 123 Å². The first-order valence-corrected chi connectivity index (χ1v) is 7.67. The van der Waals surface area contributed by atoms with E-state index in [1.807, 2.05) is 12.1 Å². The maximum absolute atomic E-state index is 10.8. The second-order valence-corrected chi connectivity index (χ2v) is 5.72. The molecule has 0 aliphatic heterocycles. The van der Waals surface area contributed by atoms with E-state index in [4.69, 9.17) is 5.11 Å². The lowest BCUT2D eigenvalue weighted by molar-refractivity contribution is 0.0697. The molecule has 0 saturated carbocycles. The third kappa shape index (κ3) is 3.92. The molecule has 0 saturated heterocycles. The van der Waals surface area contributed by atoms with Gasteiger partial charge in [-0.3, -0.25) is 0 Å². The van der Waals surface area contributed by atoms with E-state index < -0.39 is 5.97 Å². The molecule has 1 atom stereocenters. The minimum absolute atomic E-state index is 0.331. The maximum Gasteiger partial charge on any atom is 0.335 e. The van der Waals surface area contributed by atoms with Gasteiger partial charge in [-0.25, -0.2) is 4.79 Å². The zero-order valence-corrected chi connectivity index (χ0v) is 12.3. The summed E-state index contributed by atoms with van der Waals surface area (Å²) < 4.78 is 0. The van der Waals surface area contributed by atoms with Gasteiger partial charge in [0, 0.05) is 17.5 Å². The van der Waals surface area contributed by atoms with Crippen LogP contribution in [0, 0.1) is 0 Å². The monoisotopic (exact) mass is 289 g/mol. The molecule has 0 radical (unpaired) electrons. The molecule has 0 amide bonds. The van der Waals surface area contributed by atoms with Crippen molar-refractivity contribution in [2.45, 2.75) is 32.4 Å². The van der Waals surface area contributed by atoms with Gasteiger partial charge in [-0.1, -0.05) is 31.5 Å². The Kier molecular flexibility index (Phi) is 5.32. The Balaban J connectivity index is 1.97. The molecule has 20 heavy (non-hydrogen) atoms. The van der Waals surface area contributed by atoms with Gasteiger partial charge in [-0.2, -0.15) is 0 Å². The lowest BCUT2D eigenvalue weighted by Crippen LogP contribution is -2.20. The number of carboxylic acid groups (broad SMARTS) is 1. The van der Waals surface area contributed by atoms with Crippen LogP contribution in [0.2, 0.25) is 0 Å². The van der Waals surface area contributed by atoms with Crippen LogP contribution in [0.1, 0.15) is 46.6 Å². The van der Waals surface area contributed by atoms with Gasteiger partial charge >= 0.3 is 5.97 Å². The van der Waals surface area contributed by atoms with E-state index in [1.54, 1.807) is 23.5 Å². The molecule has 106 valence electrons. The lowest BCUT2D eigenvalue weighted by Gasteiger charge is -2.16. The van der Waals surface area contributed by atoms with Crippen LogP contribution in [0.3, 0.4) is 0 Å². The predicted octanol–water partition coefficient (Wildman–Crippen LogP) is 4.08. The van der Waals surface area contributed by atoms with E-state index in [-0.39, 0.29) is 0 Å². The highest BCUT2D eigenvalue weighted by molar-refractivity contribution is 7.10. The molecular weight excluding hydrogens is 270 g/mol. The number of nitrogens with one attached hydrogen (secondary N) is 1. The van der Waals surface area contributed by atoms with Crippen LogP contribution in [0.25, 0.3) is 0 Å². The molecule has 0 aliphatic rings. The normalized spacial score (nSPS) is 12.2. The summed E-state index contributed by atoms with van der Waals surface area (Å²) in [5, 5.41) is 14.5. The summed E-state index contributed by atoms with van der Waals surface area (Å²) in [5.41, 5.74) is 1.43. The Hall–Kier alpha value is -1.65. The number of carboxylic acids is 1. The minimum atomic E-state index is -0.882. The van der Waals surface area contributed by atoms with E-state index in [2.05, 4.69) is 29.8 Å². The van der Waals surface area contributed by atoms with Crippen molar-refractivity contribution in [3.05, 3.63) is 57.8 Å².